The molecule has 0 fully saturated rings. The summed E-state index contributed by atoms with van der Waals surface area (Å²) in [6, 6.07) is 16.4. The first-order valence-electron chi connectivity index (χ1n) is 10.4. The molecular weight excluding hydrogens is 411 g/mol. The number of amides is 1. The van der Waals surface area contributed by atoms with Gasteiger partial charge in [0, 0.05) is 6.54 Å². The zero-order valence-electron chi connectivity index (χ0n) is 17.8. The second kappa shape index (κ2) is 10.9. The molecule has 162 valence electrons. The van der Waals surface area contributed by atoms with E-state index in [1.807, 2.05) is 37.3 Å². The Kier molecular flexibility index (Phi) is 8.00. The number of benzene rings is 2. The molecule has 1 amide bonds. The van der Waals surface area contributed by atoms with Crippen molar-refractivity contribution < 1.29 is 9.18 Å². The van der Waals surface area contributed by atoms with Gasteiger partial charge >= 0.3 is 0 Å². The Labute approximate surface area is 186 Å². The molecule has 1 aromatic heterocycles. The number of hydrogen-bond donors (Lipinski definition) is 1. The number of carbonyl (C=O) groups excluding carboxylic acids is 1. The Morgan fingerprint density at radius 1 is 1.19 bits per heavy atom. The highest BCUT2D eigenvalue weighted by Crippen LogP contribution is 2.29. The van der Waals surface area contributed by atoms with Gasteiger partial charge in [0.1, 0.15) is 5.82 Å². The van der Waals surface area contributed by atoms with Crippen LogP contribution in [0.1, 0.15) is 38.3 Å². The third-order valence-corrected chi connectivity index (χ3v) is 5.97. The number of halogens is 1. The Morgan fingerprint density at radius 2 is 1.90 bits per heavy atom. The van der Waals surface area contributed by atoms with Crippen LogP contribution in [0.5, 0.6) is 0 Å². The van der Waals surface area contributed by atoms with E-state index in [2.05, 4.69) is 29.0 Å². The molecule has 0 saturated carbocycles. The van der Waals surface area contributed by atoms with Crippen LogP contribution in [-0.2, 0) is 11.3 Å². The third kappa shape index (κ3) is 5.61. The summed E-state index contributed by atoms with van der Waals surface area (Å²) in [5.41, 5.74) is 1.46. The van der Waals surface area contributed by atoms with E-state index >= 15 is 0 Å². The van der Waals surface area contributed by atoms with Crippen molar-refractivity contribution in [1.82, 2.24) is 20.1 Å². The fourth-order valence-electron chi connectivity index (χ4n) is 3.31. The van der Waals surface area contributed by atoms with Gasteiger partial charge < -0.3 is 5.32 Å². The molecule has 2 aromatic carbocycles. The van der Waals surface area contributed by atoms with Gasteiger partial charge in [-0.05, 0) is 31.0 Å². The van der Waals surface area contributed by atoms with E-state index in [9.17, 15) is 9.18 Å². The lowest BCUT2D eigenvalue weighted by Gasteiger charge is -2.21. The number of thioether (sulfide) groups is 1. The molecule has 0 radical (unpaired) electrons. The van der Waals surface area contributed by atoms with Gasteiger partial charge in [-0.25, -0.2) is 4.39 Å². The van der Waals surface area contributed by atoms with Gasteiger partial charge in [-0.2, -0.15) is 0 Å². The number of hydrogen-bond acceptors (Lipinski definition) is 4. The quantitative estimate of drug-likeness (QED) is 0.340. The Balaban J connectivity index is 1.78. The highest BCUT2D eigenvalue weighted by molar-refractivity contribution is 8.00. The standard InChI is InChI=1S/C24H27FN4OS/c1-4-11-21(18-12-7-6-8-13-18)26-23(30)17(3)31-24-28-27-22(29(24)16-5-2)19-14-9-10-15-20(19)25/h5-10,12-15,17,21H,2,4,11,16H2,1,3H3,(H,26,30). The van der Waals surface area contributed by atoms with Gasteiger partial charge in [-0.1, -0.05) is 73.6 Å². The summed E-state index contributed by atoms with van der Waals surface area (Å²) >= 11 is 1.30. The van der Waals surface area contributed by atoms with Gasteiger partial charge in [-0.3, -0.25) is 9.36 Å². The Bertz CT molecular complexity index is 1020. The van der Waals surface area contributed by atoms with Crippen molar-refractivity contribution in [1.29, 1.82) is 0 Å². The minimum Gasteiger partial charge on any atom is -0.348 e. The molecule has 31 heavy (non-hydrogen) atoms. The van der Waals surface area contributed by atoms with Crippen LogP contribution in [0.3, 0.4) is 0 Å². The number of allylic oxidation sites excluding steroid dienone is 1. The van der Waals surface area contributed by atoms with Crippen LogP contribution in [0.15, 0.2) is 72.4 Å². The van der Waals surface area contributed by atoms with Crippen LogP contribution in [0.25, 0.3) is 11.4 Å². The van der Waals surface area contributed by atoms with Crippen molar-refractivity contribution in [3.63, 3.8) is 0 Å². The van der Waals surface area contributed by atoms with Crippen molar-refractivity contribution in [3.05, 3.63) is 78.6 Å². The average Bonchev–Trinajstić information content (AvgIpc) is 3.16. The number of aromatic nitrogens is 3. The molecule has 1 heterocycles. The van der Waals surface area contributed by atoms with Gasteiger partial charge in [-0.15, -0.1) is 16.8 Å². The summed E-state index contributed by atoms with van der Waals surface area (Å²) in [4.78, 5) is 12.9. The number of carbonyl (C=O) groups is 1. The molecule has 0 aliphatic carbocycles. The first-order chi connectivity index (χ1) is 15.0. The normalized spacial score (nSPS) is 12.9. The second-order valence-corrected chi connectivity index (χ2v) is 8.51. The molecule has 0 aliphatic heterocycles. The minimum atomic E-state index is -0.399. The second-order valence-electron chi connectivity index (χ2n) is 7.21. The lowest BCUT2D eigenvalue weighted by atomic mass is 10.0. The van der Waals surface area contributed by atoms with E-state index in [1.54, 1.807) is 28.8 Å². The zero-order chi connectivity index (χ0) is 22.2. The highest BCUT2D eigenvalue weighted by Gasteiger charge is 2.23. The third-order valence-electron chi connectivity index (χ3n) is 4.89. The molecule has 0 aliphatic rings. The van der Waals surface area contributed by atoms with Crippen molar-refractivity contribution in [2.24, 2.45) is 0 Å². The first kappa shape index (κ1) is 22.7. The van der Waals surface area contributed by atoms with E-state index in [4.69, 9.17) is 0 Å². The van der Waals surface area contributed by atoms with Gasteiger partial charge in [0.2, 0.25) is 5.91 Å². The average molecular weight is 439 g/mol. The van der Waals surface area contributed by atoms with E-state index < -0.39 is 5.25 Å². The fourth-order valence-corrected chi connectivity index (χ4v) is 4.18. The predicted octanol–water partition coefficient (Wildman–Crippen LogP) is 5.41. The molecule has 0 saturated heterocycles. The van der Waals surface area contributed by atoms with E-state index in [0.717, 1.165) is 18.4 Å². The lowest BCUT2D eigenvalue weighted by molar-refractivity contribution is -0.121. The molecule has 1 N–H and O–H groups in total. The van der Waals surface area contributed by atoms with Crippen molar-refractivity contribution in [3.8, 4) is 11.4 Å². The maximum absolute atomic E-state index is 14.3. The summed E-state index contributed by atoms with van der Waals surface area (Å²) in [5, 5.41) is 11.7. The molecule has 2 atom stereocenters. The van der Waals surface area contributed by atoms with Crippen LogP contribution in [0.2, 0.25) is 0 Å². The topological polar surface area (TPSA) is 59.8 Å². The number of nitrogens with zero attached hydrogens (tertiary/aromatic N) is 3. The van der Waals surface area contributed by atoms with Crippen LogP contribution in [-0.4, -0.2) is 25.9 Å². The predicted molar refractivity (Wildman–Crippen MR) is 123 cm³/mol. The maximum atomic E-state index is 14.3. The SMILES string of the molecule is C=CCn1c(SC(C)C(=O)NC(CCC)c2ccccc2)nnc1-c1ccccc1F. The van der Waals surface area contributed by atoms with Crippen LogP contribution in [0.4, 0.5) is 4.39 Å². The molecular formula is C24H27FN4OS. The summed E-state index contributed by atoms with van der Waals surface area (Å²) in [5.74, 6) is -0.0260. The molecule has 0 bridgehead atoms. The number of nitrogens with one attached hydrogen (secondary N) is 1. The fraction of sp³-hybridized carbons (Fsp3) is 0.292. The van der Waals surface area contributed by atoms with E-state index in [-0.39, 0.29) is 17.8 Å². The Morgan fingerprint density at radius 3 is 2.58 bits per heavy atom. The summed E-state index contributed by atoms with van der Waals surface area (Å²) in [7, 11) is 0. The van der Waals surface area contributed by atoms with Crippen LogP contribution in [0, 0.1) is 5.82 Å². The molecule has 3 rings (SSSR count). The smallest absolute Gasteiger partial charge is 0.233 e. The van der Waals surface area contributed by atoms with E-state index in [1.165, 1.54) is 17.8 Å². The monoisotopic (exact) mass is 438 g/mol. The first-order valence-corrected chi connectivity index (χ1v) is 11.2. The summed E-state index contributed by atoms with van der Waals surface area (Å²) in [6.45, 7) is 8.13. The van der Waals surface area contributed by atoms with Crippen LogP contribution >= 0.6 is 11.8 Å². The van der Waals surface area contributed by atoms with Gasteiger partial charge in [0.25, 0.3) is 0 Å². The largest absolute Gasteiger partial charge is 0.348 e. The van der Waals surface area contributed by atoms with Gasteiger partial charge in [0.15, 0.2) is 11.0 Å². The van der Waals surface area contributed by atoms with E-state index in [0.29, 0.717) is 23.1 Å². The summed E-state index contributed by atoms with van der Waals surface area (Å²) < 4.78 is 16.1. The van der Waals surface area contributed by atoms with Crippen molar-refractivity contribution in [2.75, 3.05) is 0 Å². The minimum absolute atomic E-state index is 0.0400. The Hall–Kier alpha value is -2.93. The molecule has 5 nitrogen and oxygen atoms in total. The summed E-state index contributed by atoms with van der Waals surface area (Å²) in [6.07, 6.45) is 3.52. The number of rotatable bonds is 10. The lowest BCUT2D eigenvalue weighted by Crippen LogP contribution is -2.34. The highest BCUT2D eigenvalue weighted by atomic mass is 32.2. The molecule has 3 aromatic rings. The van der Waals surface area contributed by atoms with Crippen molar-refractivity contribution in [2.45, 2.75) is 49.7 Å². The van der Waals surface area contributed by atoms with Gasteiger partial charge in [0.05, 0.1) is 16.9 Å². The molecule has 2 unspecified atom stereocenters. The zero-order valence-corrected chi connectivity index (χ0v) is 18.6. The molecule has 0 spiro atoms. The maximum Gasteiger partial charge on any atom is 0.233 e. The van der Waals surface area contributed by atoms with Crippen LogP contribution < -0.4 is 5.32 Å². The van der Waals surface area contributed by atoms with Crippen molar-refractivity contribution >= 4 is 17.7 Å². The molecule has 7 heteroatoms.